The van der Waals surface area contributed by atoms with Crippen molar-refractivity contribution in [2.24, 2.45) is 21.2 Å². The highest BCUT2D eigenvalue weighted by molar-refractivity contribution is 7.89. The number of halogens is 5. The number of aliphatic hydroxyl groups excluding tert-OH is 1. The third-order valence-corrected chi connectivity index (χ3v) is 8.57. The number of amidine groups is 1. The number of carbonyl (C=O) groups excluding carboxylic acids is 3. The van der Waals surface area contributed by atoms with Gasteiger partial charge in [0.2, 0.25) is 21.8 Å². The maximum absolute atomic E-state index is 14.1. The van der Waals surface area contributed by atoms with Gasteiger partial charge in [-0.25, -0.2) is 17.2 Å². The van der Waals surface area contributed by atoms with Crippen molar-refractivity contribution in [1.29, 1.82) is 0 Å². The van der Waals surface area contributed by atoms with Crippen LogP contribution in [-0.4, -0.2) is 105 Å². The fourth-order valence-corrected chi connectivity index (χ4v) is 5.81. The molecule has 0 bridgehead atoms. The van der Waals surface area contributed by atoms with Crippen molar-refractivity contribution < 1.29 is 54.6 Å². The average Bonchev–Trinajstić information content (AvgIpc) is 3.10. The van der Waals surface area contributed by atoms with Gasteiger partial charge in [0.05, 0.1) is 17.9 Å². The number of allylic oxidation sites excluding steroid dienone is 3. The Bertz CT molecular complexity index is 1530. The van der Waals surface area contributed by atoms with Gasteiger partial charge in [-0.15, -0.1) is 18.3 Å². The summed E-state index contributed by atoms with van der Waals surface area (Å²) in [5.41, 5.74) is -0.0887. The second kappa shape index (κ2) is 22.3. The van der Waals surface area contributed by atoms with E-state index >= 15 is 0 Å². The molecule has 0 aliphatic carbocycles. The van der Waals surface area contributed by atoms with E-state index in [1.807, 2.05) is 13.8 Å². The fourth-order valence-electron chi connectivity index (χ4n) is 4.24. The molecule has 2 amide bonds. The molecule has 51 heavy (non-hydrogen) atoms. The van der Waals surface area contributed by atoms with Crippen molar-refractivity contribution in [2.75, 3.05) is 39.8 Å². The largest absolute Gasteiger partial charge is 0.573 e. The number of nitrogens with zero attached hydrogens (tertiary/aromatic N) is 5. The topological polar surface area (TPSA) is 196 Å². The van der Waals surface area contributed by atoms with Crippen LogP contribution in [0.15, 0.2) is 80.4 Å². The van der Waals surface area contributed by atoms with Crippen molar-refractivity contribution in [1.82, 2.24) is 14.5 Å². The number of aliphatic imine (C=N–C) groups is 1. The third kappa shape index (κ3) is 15.1. The standard InChI is InChI=1S/C28H34F5N7O6S.C2H6.CH4O/c1-4-20(27(29,30)5-2)7-6-19(3)17-36-26(43)23-18-39(25(42)16-24(37-38-34)35-12-15-41)13-14-40(23)47(44,45)22-10-8-21(9-11-22)46-28(31,32)33;2*1-2/h4,6-11,15,23H,3,5,12-14,16-18H2,1-2H3,(H,36,43)(H2,34,35,37);1-2H3;2H,1H3/b7-6-,20-4+;;/t23-;;/m1../s1. The number of benzene rings is 1. The molecular weight excluding hydrogens is 709 g/mol. The van der Waals surface area contributed by atoms with E-state index in [9.17, 15) is 44.8 Å². The average molecular weight is 754 g/mol. The van der Waals surface area contributed by atoms with Crippen LogP contribution in [0.3, 0.4) is 0 Å². The molecule has 0 aromatic heterocycles. The lowest BCUT2D eigenvalue weighted by molar-refractivity contribution is -0.274. The first-order valence-corrected chi connectivity index (χ1v) is 16.8. The Morgan fingerprint density at radius 3 is 2.24 bits per heavy atom. The zero-order valence-electron chi connectivity index (χ0n) is 28.9. The van der Waals surface area contributed by atoms with Gasteiger partial charge in [-0.1, -0.05) is 50.8 Å². The van der Waals surface area contributed by atoms with Crippen LogP contribution in [0.4, 0.5) is 22.0 Å². The molecule has 0 saturated carbocycles. The molecule has 1 aromatic carbocycles. The molecule has 14 nitrogen and oxygen atoms in total. The van der Waals surface area contributed by atoms with Gasteiger partial charge >= 0.3 is 6.36 Å². The van der Waals surface area contributed by atoms with Crippen molar-refractivity contribution in [3.8, 4) is 5.75 Å². The van der Waals surface area contributed by atoms with E-state index in [0.717, 1.165) is 46.7 Å². The quantitative estimate of drug-likeness (QED) is 0.0371. The van der Waals surface area contributed by atoms with Crippen LogP contribution in [-0.2, 0) is 24.4 Å². The monoisotopic (exact) mass is 753 g/mol. The molecule has 20 heteroatoms. The minimum atomic E-state index is -5.01. The van der Waals surface area contributed by atoms with Gasteiger partial charge in [-0.05, 0) is 36.8 Å². The molecule has 1 aromatic rings. The van der Waals surface area contributed by atoms with Gasteiger partial charge in [0.1, 0.15) is 18.1 Å². The third-order valence-electron chi connectivity index (χ3n) is 6.65. The molecule has 1 fully saturated rings. The fraction of sp³-hybridized carbons (Fsp3) is 0.484. The van der Waals surface area contributed by atoms with Crippen LogP contribution in [0.2, 0.25) is 0 Å². The van der Waals surface area contributed by atoms with E-state index in [4.69, 9.17) is 10.9 Å². The molecule has 1 heterocycles. The van der Waals surface area contributed by atoms with Gasteiger partial charge in [0.25, 0.3) is 5.92 Å². The first-order chi connectivity index (χ1) is 24.0. The number of rotatable bonds is 14. The Kier molecular flexibility index (Phi) is 20.3. The predicted molar refractivity (Wildman–Crippen MR) is 179 cm³/mol. The second-order valence-corrected chi connectivity index (χ2v) is 11.7. The molecule has 1 atom stereocenters. The maximum Gasteiger partial charge on any atom is 0.573 e. The molecule has 0 radical (unpaired) electrons. The molecule has 2 rings (SSSR count). The Morgan fingerprint density at radius 1 is 1.12 bits per heavy atom. The number of ether oxygens (including phenoxy) is 1. The van der Waals surface area contributed by atoms with Crippen molar-refractivity contribution in [3.05, 3.63) is 60.2 Å². The van der Waals surface area contributed by atoms with Crippen LogP contribution in [0.1, 0.15) is 40.5 Å². The molecular formula is C31H44F5N7O7S. The predicted octanol–water partition coefficient (Wildman–Crippen LogP) is 3.96. The number of hydrogen-bond acceptors (Lipinski definition) is 9. The van der Waals surface area contributed by atoms with Gasteiger partial charge in [0, 0.05) is 45.3 Å². The molecule has 286 valence electrons. The lowest BCUT2D eigenvalue weighted by atomic mass is 10.0. The summed E-state index contributed by atoms with van der Waals surface area (Å²) in [5, 5.41) is 16.0. The summed E-state index contributed by atoms with van der Waals surface area (Å²) in [5.74, 6) is -0.480. The number of carbonyl (C=O) groups is 3. The summed E-state index contributed by atoms with van der Waals surface area (Å²) in [7, 11) is -3.53. The first-order valence-electron chi connectivity index (χ1n) is 15.3. The van der Waals surface area contributed by atoms with E-state index in [1.165, 1.54) is 26.0 Å². The first kappa shape index (κ1) is 46.4. The number of aldehydes is 1. The minimum absolute atomic E-state index is 0.186. The van der Waals surface area contributed by atoms with E-state index in [1.54, 1.807) is 0 Å². The number of alkyl halides is 5. The lowest BCUT2D eigenvalue weighted by Gasteiger charge is -2.39. The number of sulfonamides is 1. The number of piperazine rings is 1. The number of nitrogens with one attached hydrogen (secondary N) is 1. The highest BCUT2D eigenvalue weighted by Crippen LogP contribution is 2.29. The SMILES string of the molecule is C=C(/C=C\C(=C/C)C(F)(F)CC)CNC(=O)[C@H]1CN(C(=O)CC(N=NN)=NCC=O)CCN1S(=O)(=O)c1ccc(OC(F)(F)F)cc1.CC.CO. The zero-order chi connectivity index (χ0) is 39.4. The summed E-state index contributed by atoms with van der Waals surface area (Å²) in [6, 6.07) is 1.77. The smallest absolute Gasteiger partial charge is 0.406 e. The molecule has 1 aliphatic heterocycles. The van der Waals surface area contributed by atoms with Crippen LogP contribution >= 0.6 is 0 Å². The normalized spacial score (nSPS) is 16.1. The van der Waals surface area contributed by atoms with E-state index < -0.39 is 76.7 Å². The summed E-state index contributed by atoms with van der Waals surface area (Å²) in [4.78, 5) is 41.6. The molecule has 0 unspecified atom stereocenters. The van der Waals surface area contributed by atoms with Gasteiger partial charge in [-0.3, -0.25) is 14.6 Å². The number of nitrogens with two attached hydrogens (primary N) is 1. The maximum atomic E-state index is 14.1. The highest BCUT2D eigenvalue weighted by atomic mass is 32.2. The van der Waals surface area contributed by atoms with E-state index in [0.29, 0.717) is 6.29 Å². The number of amides is 2. The van der Waals surface area contributed by atoms with Crippen LogP contribution in [0.5, 0.6) is 5.75 Å². The minimum Gasteiger partial charge on any atom is -0.406 e. The number of hydrogen-bond donors (Lipinski definition) is 3. The van der Waals surface area contributed by atoms with Crippen LogP contribution in [0, 0.1) is 0 Å². The molecule has 4 N–H and O–H groups in total. The van der Waals surface area contributed by atoms with Crippen molar-refractivity contribution in [2.45, 2.75) is 63.8 Å². The Labute approximate surface area is 293 Å². The van der Waals surface area contributed by atoms with E-state index in [2.05, 4.69) is 32.0 Å². The van der Waals surface area contributed by atoms with Crippen molar-refractivity contribution >= 4 is 34.0 Å². The zero-order valence-corrected chi connectivity index (χ0v) is 29.7. The second-order valence-electron chi connectivity index (χ2n) is 9.82. The molecule has 1 saturated heterocycles. The van der Waals surface area contributed by atoms with Gasteiger partial charge in [-0.2, -0.15) is 4.31 Å². The lowest BCUT2D eigenvalue weighted by Crippen LogP contribution is -2.61. The van der Waals surface area contributed by atoms with Crippen molar-refractivity contribution in [3.63, 3.8) is 0 Å². The Balaban J connectivity index is 0.00000602. The Morgan fingerprint density at radius 2 is 1.73 bits per heavy atom. The summed E-state index contributed by atoms with van der Waals surface area (Å²) < 4.78 is 97.7. The van der Waals surface area contributed by atoms with Gasteiger partial charge < -0.3 is 30.7 Å². The van der Waals surface area contributed by atoms with Gasteiger partial charge in [0.15, 0.2) is 5.84 Å². The summed E-state index contributed by atoms with van der Waals surface area (Å²) in [6.07, 6.45) is -1.87. The number of aliphatic hydroxyl groups is 1. The molecule has 0 spiro atoms. The van der Waals surface area contributed by atoms with E-state index in [-0.39, 0.29) is 36.6 Å². The highest BCUT2D eigenvalue weighted by Gasteiger charge is 2.41. The van der Waals surface area contributed by atoms with Crippen LogP contribution in [0.25, 0.3) is 0 Å². The molecule has 1 aliphatic rings. The summed E-state index contributed by atoms with van der Waals surface area (Å²) in [6.45, 7) is 8.74. The Hall–Kier alpha value is -4.56. The van der Waals surface area contributed by atoms with Crippen LogP contribution < -0.4 is 15.9 Å². The summed E-state index contributed by atoms with van der Waals surface area (Å²) >= 11 is 0.